The van der Waals surface area contributed by atoms with Crippen LogP contribution in [0.4, 0.5) is 8.78 Å². The normalized spacial score (nSPS) is 28.5. The van der Waals surface area contributed by atoms with Crippen LogP contribution in [0.3, 0.4) is 0 Å². The summed E-state index contributed by atoms with van der Waals surface area (Å²) in [6.45, 7) is 1.27. The van der Waals surface area contributed by atoms with Crippen LogP contribution in [-0.2, 0) is 10.3 Å². The SMILES string of the molecule is C[C@]1(c2cc(Br)ccc2F)N=C(N)OCC1F. The molecule has 0 aliphatic carbocycles. The van der Waals surface area contributed by atoms with Crippen molar-refractivity contribution in [3.05, 3.63) is 34.1 Å². The molecule has 0 amide bonds. The van der Waals surface area contributed by atoms with Crippen molar-refractivity contribution in [1.82, 2.24) is 0 Å². The highest BCUT2D eigenvalue weighted by molar-refractivity contribution is 9.10. The molecule has 17 heavy (non-hydrogen) atoms. The van der Waals surface area contributed by atoms with E-state index in [1.165, 1.54) is 19.1 Å². The molecule has 2 N–H and O–H groups in total. The molecule has 0 spiro atoms. The highest BCUT2D eigenvalue weighted by Crippen LogP contribution is 2.36. The van der Waals surface area contributed by atoms with Crippen molar-refractivity contribution in [3.63, 3.8) is 0 Å². The van der Waals surface area contributed by atoms with Gasteiger partial charge in [0.1, 0.15) is 18.0 Å². The molecule has 2 atom stereocenters. The maximum absolute atomic E-state index is 13.9. The largest absolute Gasteiger partial charge is 0.462 e. The number of rotatable bonds is 1. The van der Waals surface area contributed by atoms with E-state index in [1.807, 2.05) is 0 Å². The van der Waals surface area contributed by atoms with E-state index in [0.29, 0.717) is 4.47 Å². The highest BCUT2D eigenvalue weighted by atomic mass is 79.9. The standard InChI is InChI=1S/C11H11BrF2N2O/c1-11(9(14)5-17-10(15)16-11)7-4-6(12)2-3-8(7)13/h2-4,9H,5H2,1H3,(H2,15,16)/t9?,11-/m1/s1. The highest BCUT2D eigenvalue weighted by Gasteiger charge is 2.42. The number of ether oxygens (including phenoxy) is 1. The Bertz CT molecular complexity index is 481. The minimum atomic E-state index is -1.45. The van der Waals surface area contributed by atoms with Gasteiger partial charge in [-0.15, -0.1) is 0 Å². The van der Waals surface area contributed by atoms with Gasteiger partial charge < -0.3 is 10.5 Å². The van der Waals surface area contributed by atoms with Crippen molar-refractivity contribution in [1.29, 1.82) is 0 Å². The fraction of sp³-hybridized carbons (Fsp3) is 0.364. The summed E-state index contributed by atoms with van der Waals surface area (Å²) >= 11 is 3.22. The van der Waals surface area contributed by atoms with Crippen molar-refractivity contribution in [2.45, 2.75) is 18.6 Å². The Morgan fingerprint density at radius 3 is 3.00 bits per heavy atom. The van der Waals surface area contributed by atoms with Gasteiger partial charge in [-0.05, 0) is 25.1 Å². The lowest BCUT2D eigenvalue weighted by Gasteiger charge is -2.33. The summed E-state index contributed by atoms with van der Waals surface area (Å²) < 4.78 is 33.1. The van der Waals surface area contributed by atoms with Gasteiger partial charge in [0.2, 0.25) is 0 Å². The first-order valence-electron chi connectivity index (χ1n) is 5.01. The van der Waals surface area contributed by atoms with E-state index in [0.717, 1.165) is 0 Å². The van der Waals surface area contributed by atoms with Gasteiger partial charge in [0.25, 0.3) is 6.02 Å². The van der Waals surface area contributed by atoms with E-state index >= 15 is 0 Å². The Kier molecular flexibility index (Phi) is 3.07. The average Bonchev–Trinajstić information content (AvgIpc) is 2.27. The smallest absolute Gasteiger partial charge is 0.283 e. The monoisotopic (exact) mass is 304 g/mol. The molecule has 0 bridgehead atoms. The Hall–Kier alpha value is -1.17. The Morgan fingerprint density at radius 1 is 1.59 bits per heavy atom. The Labute approximate surface area is 106 Å². The Morgan fingerprint density at radius 2 is 2.29 bits per heavy atom. The third-order valence-electron chi connectivity index (χ3n) is 2.80. The van der Waals surface area contributed by atoms with Crippen LogP contribution in [0.25, 0.3) is 0 Å². The zero-order valence-corrected chi connectivity index (χ0v) is 10.7. The molecule has 2 rings (SSSR count). The maximum atomic E-state index is 13.9. The van der Waals surface area contributed by atoms with Crippen molar-refractivity contribution < 1.29 is 13.5 Å². The van der Waals surface area contributed by atoms with Gasteiger partial charge in [-0.3, -0.25) is 0 Å². The molecule has 0 fully saturated rings. The molecule has 0 aromatic heterocycles. The van der Waals surface area contributed by atoms with Gasteiger partial charge in [-0.1, -0.05) is 15.9 Å². The van der Waals surface area contributed by atoms with Crippen molar-refractivity contribution in [2.24, 2.45) is 10.7 Å². The molecule has 1 aliphatic heterocycles. The van der Waals surface area contributed by atoms with E-state index in [4.69, 9.17) is 10.5 Å². The third kappa shape index (κ3) is 2.13. The first kappa shape index (κ1) is 12.3. The van der Waals surface area contributed by atoms with Crippen LogP contribution >= 0.6 is 15.9 Å². The molecular weight excluding hydrogens is 294 g/mol. The van der Waals surface area contributed by atoms with E-state index in [1.54, 1.807) is 6.07 Å². The van der Waals surface area contributed by atoms with Crippen LogP contribution in [0.15, 0.2) is 27.7 Å². The number of alkyl halides is 1. The second kappa shape index (κ2) is 4.25. The minimum Gasteiger partial charge on any atom is -0.462 e. The van der Waals surface area contributed by atoms with Crippen LogP contribution in [0, 0.1) is 5.82 Å². The van der Waals surface area contributed by atoms with E-state index < -0.39 is 17.5 Å². The minimum absolute atomic E-state index is 0.124. The van der Waals surface area contributed by atoms with Crippen molar-refractivity contribution in [3.8, 4) is 0 Å². The topological polar surface area (TPSA) is 47.6 Å². The number of nitrogens with two attached hydrogens (primary N) is 1. The van der Waals surface area contributed by atoms with E-state index in [2.05, 4.69) is 20.9 Å². The average molecular weight is 305 g/mol. The summed E-state index contributed by atoms with van der Waals surface area (Å²) in [5.41, 5.74) is 4.23. The number of aliphatic imine (C=N–C) groups is 1. The number of hydrogen-bond acceptors (Lipinski definition) is 3. The third-order valence-corrected chi connectivity index (χ3v) is 3.30. The van der Waals surface area contributed by atoms with Crippen LogP contribution < -0.4 is 5.73 Å². The van der Waals surface area contributed by atoms with Crippen LogP contribution in [0.1, 0.15) is 12.5 Å². The fourth-order valence-corrected chi connectivity index (χ4v) is 2.13. The molecule has 0 saturated carbocycles. The van der Waals surface area contributed by atoms with Crippen LogP contribution in [-0.4, -0.2) is 18.8 Å². The number of amidine groups is 1. The van der Waals surface area contributed by atoms with Gasteiger partial charge >= 0.3 is 0 Å². The predicted octanol–water partition coefficient (Wildman–Crippen LogP) is 2.49. The summed E-state index contributed by atoms with van der Waals surface area (Å²) in [7, 11) is 0. The molecule has 92 valence electrons. The number of benzene rings is 1. The molecule has 1 aromatic rings. The summed E-state index contributed by atoms with van der Waals surface area (Å²) in [5.74, 6) is -0.517. The second-order valence-corrected chi connectivity index (χ2v) is 4.92. The molecule has 0 saturated heterocycles. The first-order chi connectivity index (χ1) is 7.93. The van der Waals surface area contributed by atoms with Crippen LogP contribution in [0.5, 0.6) is 0 Å². The van der Waals surface area contributed by atoms with Gasteiger partial charge in [0, 0.05) is 10.0 Å². The van der Waals surface area contributed by atoms with Gasteiger partial charge in [-0.2, -0.15) is 0 Å². The van der Waals surface area contributed by atoms with Crippen molar-refractivity contribution in [2.75, 3.05) is 6.61 Å². The summed E-state index contributed by atoms with van der Waals surface area (Å²) in [6.07, 6.45) is -1.45. The molecule has 1 aromatic carbocycles. The number of hydrogen-bond donors (Lipinski definition) is 1. The lowest BCUT2D eigenvalue weighted by molar-refractivity contribution is 0.0923. The zero-order valence-electron chi connectivity index (χ0n) is 9.08. The quantitative estimate of drug-likeness (QED) is 0.866. The summed E-state index contributed by atoms with van der Waals surface area (Å²) in [4.78, 5) is 3.90. The number of nitrogens with zero attached hydrogens (tertiary/aromatic N) is 1. The zero-order chi connectivity index (χ0) is 12.6. The Balaban J connectivity index is 2.56. The van der Waals surface area contributed by atoms with Crippen LogP contribution in [0.2, 0.25) is 0 Å². The first-order valence-corrected chi connectivity index (χ1v) is 5.80. The molecule has 1 heterocycles. The maximum Gasteiger partial charge on any atom is 0.283 e. The second-order valence-electron chi connectivity index (χ2n) is 4.00. The lowest BCUT2D eigenvalue weighted by Crippen LogP contribution is -2.43. The van der Waals surface area contributed by atoms with Gasteiger partial charge in [0.05, 0.1) is 0 Å². The van der Waals surface area contributed by atoms with E-state index in [-0.39, 0.29) is 18.2 Å². The molecule has 6 heteroatoms. The van der Waals surface area contributed by atoms with E-state index in [9.17, 15) is 8.78 Å². The predicted molar refractivity (Wildman–Crippen MR) is 63.9 cm³/mol. The number of halogens is 3. The molecule has 1 aliphatic rings. The molecular formula is C11H11BrF2N2O. The molecule has 3 nitrogen and oxygen atoms in total. The van der Waals surface area contributed by atoms with Gasteiger partial charge in [0.15, 0.2) is 6.17 Å². The summed E-state index contributed by atoms with van der Waals surface area (Å²) in [6, 6.07) is 4.19. The molecule has 0 radical (unpaired) electrons. The lowest BCUT2D eigenvalue weighted by atomic mass is 9.87. The fourth-order valence-electron chi connectivity index (χ4n) is 1.77. The van der Waals surface area contributed by atoms with Crippen molar-refractivity contribution >= 4 is 22.0 Å². The van der Waals surface area contributed by atoms with Gasteiger partial charge in [-0.25, -0.2) is 13.8 Å². The molecule has 1 unspecified atom stereocenters. The summed E-state index contributed by atoms with van der Waals surface area (Å²) in [5, 5.41) is 0.